The summed E-state index contributed by atoms with van der Waals surface area (Å²) in [6.45, 7) is -0.145. The number of nitriles is 1. The number of rotatable bonds is 5. The summed E-state index contributed by atoms with van der Waals surface area (Å²) in [6.07, 6.45) is 0.393. The highest BCUT2D eigenvalue weighted by Gasteiger charge is 2.27. The second-order valence-electron chi connectivity index (χ2n) is 6.16. The zero-order valence-corrected chi connectivity index (χ0v) is 15.9. The van der Waals surface area contributed by atoms with Gasteiger partial charge >= 0.3 is 0 Å². The molecule has 0 aliphatic carbocycles. The highest BCUT2D eigenvalue weighted by molar-refractivity contribution is 7.12. The topological polar surface area (TPSA) is 152 Å². The molecule has 1 atom stereocenters. The molecule has 0 radical (unpaired) electrons. The standard InChI is InChI=1S/C16H14N8O4S/c1-22-13(26)7-28-15-14(22)16(27)23(8-18-15)6-12-19-21-24(20-12)5-10(25)11-3-2-9(4-17)29-11/h2-3,8,10,25H,5-7H2,1H3/t10-/m0/s1. The largest absolute Gasteiger partial charge is 0.466 e. The Labute approximate surface area is 167 Å². The number of aliphatic hydroxyl groups is 1. The molecular formula is C16H14N8O4S. The first-order valence-electron chi connectivity index (χ1n) is 8.39. The van der Waals surface area contributed by atoms with Gasteiger partial charge in [-0.05, 0) is 17.3 Å². The number of hydrogen-bond acceptors (Lipinski definition) is 10. The number of hydrogen-bond donors (Lipinski definition) is 1. The van der Waals surface area contributed by atoms with Crippen molar-refractivity contribution in [1.82, 2.24) is 29.8 Å². The van der Waals surface area contributed by atoms with Crippen LogP contribution in [-0.2, 0) is 17.9 Å². The molecule has 12 nitrogen and oxygen atoms in total. The van der Waals surface area contributed by atoms with E-state index in [2.05, 4.69) is 20.4 Å². The predicted octanol–water partition coefficient (Wildman–Crippen LogP) is -0.700. The summed E-state index contributed by atoms with van der Waals surface area (Å²) < 4.78 is 6.43. The molecule has 1 aliphatic heterocycles. The van der Waals surface area contributed by atoms with Crippen LogP contribution in [0.1, 0.15) is 21.7 Å². The van der Waals surface area contributed by atoms with Crippen LogP contribution in [0.5, 0.6) is 5.88 Å². The van der Waals surface area contributed by atoms with Gasteiger partial charge in [-0.1, -0.05) is 0 Å². The van der Waals surface area contributed by atoms with Gasteiger partial charge in [0, 0.05) is 11.9 Å². The van der Waals surface area contributed by atoms with Gasteiger partial charge in [-0.3, -0.25) is 14.2 Å². The summed E-state index contributed by atoms with van der Waals surface area (Å²) in [5.74, 6) is -0.0169. The molecule has 0 unspecified atom stereocenters. The smallest absolute Gasteiger partial charge is 0.281 e. The molecule has 1 aliphatic rings. The molecule has 29 heavy (non-hydrogen) atoms. The number of tetrazole rings is 1. The Morgan fingerprint density at radius 2 is 2.24 bits per heavy atom. The number of thiophene rings is 1. The Morgan fingerprint density at radius 3 is 3.00 bits per heavy atom. The molecule has 0 bridgehead atoms. The van der Waals surface area contributed by atoms with Crippen molar-refractivity contribution in [1.29, 1.82) is 5.26 Å². The van der Waals surface area contributed by atoms with E-state index in [4.69, 9.17) is 10.00 Å². The summed E-state index contributed by atoms with van der Waals surface area (Å²) >= 11 is 1.19. The maximum Gasteiger partial charge on any atom is 0.281 e. The summed E-state index contributed by atoms with van der Waals surface area (Å²) in [4.78, 5) is 32.0. The molecule has 0 fully saturated rings. The number of ether oxygens (including phenoxy) is 1. The minimum Gasteiger partial charge on any atom is -0.466 e. The van der Waals surface area contributed by atoms with Crippen molar-refractivity contribution in [2.24, 2.45) is 0 Å². The normalized spacial score (nSPS) is 14.2. The van der Waals surface area contributed by atoms with Crippen LogP contribution in [0.15, 0.2) is 23.3 Å². The number of amides is 1. The van der Waals surface area contributed by atoms with Crippen LogP contribution in [0.25, 0.3) is 0 Å². The third kappa shape index (κ3) is 3.58. The quantitative estimate of drug-likeness (QED) is 0.571. The number of aliphatic hydroxyl groups excluding tert-OH is 1. The average molecular weight is 414 g/mol. The number of anilines is 1. The van der Waals surface area contributed by atoms with Gasteiger partial charge in [0.1, 0.15) is 23.4 Å². The lowest BCUT2D eigenvalue weighted by atomic mass is 10.3. The van der Waals surface area contributed by atoms with Crippen molar-refractivity contribution in [3.05, 3.63) is 44.4 Å². The highest BCUT2D eigenvalue weighted by atomic mass is 32.1. The minimum atomic E-state index is -0.894. The molecule has 0 saturated carbocycles. The van der Waals surface area contributed by atoms with Gasteiger partial charge in [0.2, 0.25) is 5.88 Å². The number of carbonyl (C=O) groups is 1. The second-order valence-corrected chi connectivity index (χ2v) is 7.28. The Hall–Kier alpha value is -3.63. The number of aromatic nitrogens is 6. The van der Waals surface area contributed by atoms with E-state index < -0.39 is 11.7 Å². The Bertz CT molecular complexity index is 1180. The molecule has 1 amide bonds. The monoisotopic (exact) mass is 414 g/mol. The molecule has 4 rings (SSSR count). The Kier molecular flexibility index (Phi) is 4.79. The maximum atomic E-state index is 12.7. The lowest BCUT2D eigenvalue weighted by Gasteiger charge is -2.24. The van der Waals surface area contributed by atoms with Crippen LogP contribution in [0, 0.1) is 11.3 Å². The molecule has 148 valence electrons. The third-order valence-corrected chi connectivity index (χ3v) is 5.32. The van der Waals surface area contributed by atoms with Gasteiger partial charge in [-0.15, -0.1) is 21.5 Å². The van der Waals surface area contributed by atoms with Crippen LogP contribution in [0.3, 0.4) is 0 Å². The van der Waals surface area contributed by atoms with E-state index >= 15 is 0 Å². The van der Waals surface area contributed by atoms with Gasteiger partial charge < -0.3 is 14.7 Å². The molecule has 3 aromatic heterocycles. The molecule has 4 heterocycles. The summed E-state index contributed by atoms with van der Waals surface area (Å²) in [7, 11) is 1.48. The van der Waals surface area contributed by atoms with Crippen molar-refractivity contribution in [3.8, 4) is 11.9 Å². The molecule has 13 heteroatoms. The van der Waals surface area contributed by atoms with Crippen molar-refractivity contribution < 1.29 is 14.6 Å². The summed E-state index contributed by atoms with van der Waals surface area (Å²) in [5, 5.41) is 31.1. The van der Waals surface area contributed by atoms with Crippen molar-refractivity contribution in [3.63, 3.8) is 0 Å². The first-order chi connectivity index (χ1) is 14.0. The third-order valence-electron chi connectivity index (χ3n) is 4.23. The minimum absolute atomic E-state index is 0.0190. The van der Waals surface area contributed by atoms with E-state index in [1.165, 1.54) is 39.0 Å². The highest BCUT2D eigenvalue weighted by Crippen LogP contribution is 2.24. The lowest BCUT2D eigenvalue weighted by molar-refractivity contribution is -0.121. The van der Waals surface area contributed by atoms with Crippen molar-refractivity contribution in [2.45, 2.75) is 19.2 Å². The summed E-state index contributed by atoms with van der Waals surface area (Å²) in [5.41, 5.74) is -0.415. The molecule has 1 N–H and O–H groups in total. The maximum absolute atomic E-state index is 12.7. The zero-order valence-electron chi connectivity index (χ0n) is 15.1. The van der Waals surface area contributed by atoms with Crippen molar-refractivity contribution in [2.75, 3.05) is 18.6 Å². The molecule has 0 saturated heterocycles. The van der Waals surface area contributed by atoms with Crippen LogP contribution in [-0.4, -0.2) is 54.4 Å². The molecule has 0 spiro atoms. The van der Waals surface area contributed by atoms with E-state index in [-0.39, 0.29) is 43.0 Å². The van der Waals surface area contributed by atoms with E-state index in [0.717, 1.165) is 0 Å². The van der Waals surface area contributed by atoms with Gasteiger partial charge in [0.05, 0.1) is 13.1 Å². The van der Waals surface area contributed by atoms with Crippen molar-refractivity contribution >= 4 is 22.9 Å². The zero-order chi connectivity index (χ0) is 20.5. The fraction of sp³-hybridized carbons (Fsp3) is 0.312. The van der Waals surface area contributed by atoms with E-state index in [1.807, 2.05) is 6.07 Å². The summed E-state index contributed by atoms with van der Waals surface area (Å²) in [6, 6.07) is 5.32. The van der Waals surface area contributed by atoms with Crippen LogP contribution in [0.4, 0.5) is 5.69 Å². The number of nitrogens with zero attached hydrogens (tertiary/aromatic N) is 8. The fourth-order valence-corrected chi connectivity index (χ4v) is 3.51. The SMILES string of the molecule is CN1C(=O)COc2ncn(Cc3nnn(C[C@H](O)c4ccc(C#N)s4)n3)c(=O)c21. The molecule has 0 aromatic carbocycles. The molecular weight excluding hydrogens is 400 g/mol. The van der Waals surface area contributed by atoms with Crippen LogP contribution >= 0.6 is 11.3 Å². The first-order valence-corrected chi connectivity index (χ1v) is 9.21. The Balaban J connectivity index is 1.50. The van der Waals surface area contributed by atoms with Crippen LogP contribution < -0.4 is 15.2 Å². The second kappa shape index (κ2) is 7.41. The van der Waals surface area contributed by atoms with E-state index in [1.54, 1.807) is 12.1 Å². The number of likely N-dealkylation sites (N-methyl/N-ethyl adjacent to an activating group) is 1. The average Bonchev–Trinajstić information content (AvgIpc) is 3.36. The first kappa shape index (κ1) is 18.7. The lowest BCUT2D eigenvalue weighted by Crippen LogP contribution is -2.41. The van der Waals surface area contributed by atoms with Gasteiger partial charge in [-0.25, -0.2) is 4.98 Å². The van der Waals surface area contributed by atoms with E-state index in [0.29, 0.717) is 9.75 Å². The van der Waals surface area contributed by atoms with Crippen LogP contribution in [0.2, 0.25) is 0 Å². The van der Waals surface area contributed by atoms with Gasteiger partial charge in [-0.2, -0.15) is 10.1 Å². The number of carbonyl (C=O) groups excluding carboxylic acids is 1. The number of fused-ring (bicyclic) bond motifs is 1. The predicted molar refractivity (Wildman–Crippen MR) is 98.3 cm³/mol. The van der Waals surface area contributed by atoms with Gasteiger partial charge in [0.15, 0.2) is 18.1 Å². The Morgan fingerprint density at radius 1 is 1.41 bits per heavy atom. The van der Waals surface area contributed by atoms with E-state index in [9.17, 15) is 14.7 Å². The fourth-order valence-electron chi connectivity index (χ4n) is 2.73. The van der Waals surface area contributed by atoms with Gasteiger partial charge in [0.25, 0.3) is 11.5 Å². The molecule has 3 aromatic rings.